The lowest BCUT2D eigenvalue weighted by Crippen LogP contribution is -2.06. The van der Waals surface area contributed by atoms with Gasteiger partial charge in [-0.05, 0) is 32.4 Å². The zero-order valence-electron chi connectivity index (χ0n) is 24.9. The molecular formula is C30H54Cl2O8. The van der Waals surface area contributed by atoms with Gasteiger partial charge in [0.05, 0.1) is 16.5 Å². The first-order chi connectivity index (χ1) is 18.9. The molecule has 0 aliphatic carbocycles. The zero-order valence-corrected chi connectivity index (χ0v) is 26.4. The molecule has 1 aromatic rings. The molecule has 0 saturated carbocycles. The van der Waals surface area contributed by atoms with E-state index in [0.717, 1.165) is 13.3 Å². The number of alkyl halides is 2. The van der Waals surface area contributed by atoms with Gasteiger partial charge in [-0.25, -0.2) is 9.59 Å². The van der Waals surface area contributed by atoms with Crippen molar-refractivity contribution in [2.45, 2.75) is 124 Å². The van der Waals surface area contributed by atoms with E-state index in [1.165, 1.54) is 108 Å². The fourth-order valence-corrected chi connectivity index (χ4v) is 3.16. The number of hydrogen-bond acceptors (Lipinski definition) is 5. The molecule has 1 aromatic carbocycles. The minimum absolute atomic E-state index is 0.167. The van der Waals surface area contributed by atoms with Crippen LogP contribution in [0.4, 0.5) is 0 Å². The summed E-state index contributed by atoms with van der Waals surface area (Å²) in [6.07, 6.45) is 19.0. The van der Waals surface area contributed by atoms with Gasteiger partial charge in [-0.15, -0.1) is 23.2 Å². The predicted molar refractivity (Wildman–Crippen MR) is 165 cm³/mol. The maximum atomic E-state index is 10.5. The third-order valence-corrected chi connectivity index (χ3v) is 4.90. The molecule has 0 heterocycles. The topological polar surface area (TPSA) is 152 Å². The highest BCUT2D eigenvalue weighted by atomic mass is 35.5. The molecule has 0 aliphatic heterocycles. The normalized spacial score (nSPS) is 9.43. The van der Waals surface area contributed by atoms with Crippen LogP contribution in [-0.2, 0) is 4.79 Å². The standard InChI is InChI=1S/C16H34O.C8H6O4.C3H8O.C2H4O2.CH2Cl2/c1-2-3-4-5-6-7-8-9-10-11-12-13-14-15-16-17;9-7(10)5-3-1-2-4-6(5)8(11)12;1-3(2)4;1-2(3)4;2-1-3/h17H,2-16H2,1H3;1-4H,(H,9,10)(H,11,12);3-4H,1-2H3;1H3,(H,3,4);1H2. The molecule has 1 rings (SSSR count). The number of aliphatic hydroxyl groups is 2. The van der Waals surface area contributed by atoms with Crippen LogP contribution in [0, 0.1) is 0 Å². The highest BCUT2D eigenvalue weighted by Crippen LogP contribution is 2.12. The van der Waals surface area contributed by atoms with Gasteiger partial charge in [0.1, 0.15) is 0 Å². The second kappa shape index (κ2) is 37.1. The van der Waals surface area contributed by atoms with Crippen molar-refractivity contribution < 1.29 is 39.9 Å². The quantitative estimate of drug-likeness (QED) is 0.0920. The van der Waals surface area contributed by atoms with Crippen LogP contribution in [-0.4, -0.2) is 61.5 Å². The molecule has 0 amide bonds. The molecular weight excluding hydrogens is 559 g/mol. The minimum Gasteiger partial charge on any atom is -0.481 e. The maximum absolute atomic E-state index is 10.5. The zero-order chi connectivity index (χ0) is 31.6. The lowest BCUT2D eigenvalue weighted by atomic mass is 10.0. The van der Waals surface area contributed by atoms with E-state index in [1.54, 1.807) is 13.8 Å². The Balaban J connectivity index is -0.000000242. The average molecular weight is 614 g/mol. The van der Waals surface area contributed by atoms with Crippen LogP contribution in [0.15, 0.2) is 24.3 Å². The Morgan fingerprint density at radius 3 is 1.10 bits per heavy atom. The molecule has 0 radical (unpaired) electrons. The third-order valence-electron chi connectivity index (χ3n) is 4.90. The molecule has 5 N–H and O–H groups in total. The van der Waals surface area contributed by atoms with Crippen molar-refractivity contribution in [3.8, 4) is 0 Å². The number of carboxylic acids is 3. The van der Waals surface area contributed by atoms with Gasteiger partial charge in [-0.3, -0.25) is 4.79 Å². The molecule has 0 bridgehead atoms. The predicted octanol–water partition coefficient (Wildman–Crippen LogP) is 8.44. The monoisotopic (exact) mass is 612 g/mol. The van der Waals surface area contributed by atoms with Crippen LogP contribution in [0.1, 0.15) is 138 Å². The van der Waals surface area contributed by atoms with E-state index in [2.05, 4.69) is 6.92 Å². The molecule has 0 atom stereocenters. The molecule has 40 heavy (non-hydrogen) atoms. The summed E-state index contributed by atoms with van der Waals surface area (Å²) in [6.45, 7) is 7.18. The van der Waals surface area contributed by atoms with Gasteiger partial charge in [0.2, 0.25) is 0 Å². The van der Waals surface area contributed by atoms with Gasteiger partial charge >= 0.3 is 11.9 Å². The van der Waals surface area contributed by atoms with Gasteiger partial charge in [-0.1, -0.05) is 103 Å². The smallest absolute Gasteiger partial charge is 0.336 e. The van der Waals surface area contributed by atoms with Crippen molar-refractivity contribution in [2.24, 2.45) is 0 Å². The molecule has 10 heteroatoms. The van der Waals surface area contributed by atoms with E-state index in [1.807, 2.05) is 0 Å². The van der Waals surface area contributed by atoms with Crippen molar-refractivity contribution in [3.63, 3.8) is 0 Å². The van der Waals surface area contributed by atoms with Crippen molar-refractivity contribution in [2.75, 3.05) is 11.9 Å². The minimum atomic E-state index is -1.23. The van der Waals surface area contributed by atoms with Crippen LogP contribution >= 0.6 is 23.2 Å². The Hall–Kier alpha value is -1.87. The number of carboxylic acid groups (broad SMARTS) is 3. The summed E-state index contributed by atoms with van der Waals surface area (Å²) in [5.41, 5.74) is -0.380. The van der Waals surface area contributed by atoms with Crippen molar-refractivity contribution in [3.05, 3.63) is 35.4 Å². The first-order valence-electron chi connectivity index (χ1n) is 14.1. The summed E-state index contributed by atoms with van der Waals surface area (Å²) in [5, 5.41) is 41.4. The van der Waals surface area contributed by atoms with Gasteiger partial charge in [0.25, 0.3) is 5.97 Å². The summed E-state index contributed by atoms with van der Waals surface area (Å²) in [7, 11) is 0. The molecule has 0 aliphatic rings. The number of aromatic carboxylic acids is 2. The average Bonchev–Trinajstić information content (AvgIpc) is 2.87. The van der Waals surface area contributed by atoms with E-state index in [-0.39, 0.29) is 22.6 Å². The second-order valence-electron chi connectivity index (χ2n) is 9.19. The van der Waals surface area contributed by atoms with Crippen LogP contribution in [0.25, 0.3) is 0 Å². The number of benzene rings is 1. The Kier molecular flexibility index (Phi) is 41.9. The summed E-state index contributed by atoms with van der Waals surface area (Å²) in [4.78, 5) is 29.9. The Morgan fingerprint density at radius 2 is 0.900 bits per heavy atom. The summed E-state index contributed by atoms with van der Waals surface area (Å²) in [6, 6.07) is 5.48. The number of carbonyl (C=O) groups is 3. The molecule has 0 spiro atoms. The van der Waals surface area contributed by atoms with Gasteiger partial charge in [-0.2, -0.15) is 0 Å². The number of unbranched alkanes of at least 4 members (excludes halogenated alkanes) is 13. The summed E-state index contributed by atoms with van der Waals surface area (Å²) >= 11 is 9.53. The van der Waals surface area contributed by atoms with Crippen LogP contribution in [0.5, 0.6) is 0 Å². The van der Waals surface area contributed by atoms with E-state index < -0.39 is 17.9 Å². The van der Waals surface area contributed by atoms with E-state index >= 15 is 0 Å². The molecule has 0 aromatic heterocycles. The number of aliphatic carboxylic acids is 1. The molecule has 8 nitrogen and oxygen atoms in total. The lowest BCUT2D eigenvalue weighted by molar-refractivity contribution is -0.134. The first kappa shape index (κ1) is 45.1. The van der Waals surface area contributed by atoms with E-state index in [4.69, 9.17) is 53.5 Å². The highest BCUT2D eigenvalue weighted by molar-refractivity contribution is 6.40. The summed E-state index contributed by atoms with van der Waals surface area (Å²) in [5.74, 6) is -3.29. The fraction of sp³-hybridized carbons (Fsp3) is 0.700. The summed E-state index contributed by atoms with van der Waals surface area (Å²) < 4.78 is 0. The highest BCUT2D eigenvalue weighted by Gasteiger charge is 2.13. The second-order valence-corrected chi connectivity index (χ2v) is 10.00. The SMILES string of the molecule is CC(=O)O.CC(C)O.CCCCCCCCCCCCCCCCO.ClCCl.O=C(O)c1ccccc1C(=O)O. The number of aliphatic hydroxyl groups excluding tert-OH is 2. The first-order valence-corrected chi connectivity index (χ1v) is 15.2. The van der Waals surface area contributed by atoms with Crippen LogP contribution in [0.2, 0.25) is 0 Å². The molecule has 0 unspecified atom stereocenters. The Labute approximate surface area is 251 Å². The number of halogens is 2. The van der Waals surface area contributed by atoms with Crippen molar-refractivity contribution >= 4 is 41.1 Å². The van der Waals surface area contributed by atoms with Gasteiger partial charge in [0, 0.05) is 19.6 Å². The Bertz CT molecular complexity index is 646. The molecule has 0 saturated heterocycles. The van der Waals surface area contributed by atoms with Crippen molar-refractivity contribution in [1.82, 2.24) is 0 Å². The largest absolute Gasteiger partial charge is 0.481 e. The van der Waals surface area contributed by atoms with Crippen LogP contribution in [0.3, 0.4) is 0 Å². The lowest BCUT2D eigenvalue weighted by Gasteiger charge is -2.02. The maximum Gasteiger partial charge on any atom is 0.336 e. The molecule has 236 valence electrons. The van der Waals surface area contributed by atoms with Crippen LogP contribution < -0.4 is 0 Å². The van der Waals surface area contributed by atoms with Gasteiger partial charge < -0.3 is 25.5 Å². The fourth-order valence-electron chi connectivity index (χ4n) is 3.16. The van der Waals surface area contributed by atoms with E-state index in [9.17, 15) is 9.59 Å². The Morgan fingerprint density at radius 1 is 0.675 bits per heavy atom. The van der Waals surface area contributed by atoms with E-state index in [0.29, 0.717) is 6.61 Å². The third kappa shape index (κ3) is 46.0. The number of rotatable bonds is 16. The van der Waals surface area contributed by atoms with Crippen molar-refractivity contribution in [1.29, 1.82) is 0 Å². The number of hydrogen-bond donors (Lipinski definition) is 5. The molecule has 0 fully saturated rings. The van der Waals surface area contributed by atoms with Gasteiger partial charge in [0.15, 0.2) is 0 Å².